The highest BCUT2D eigenvalue weighted by molar-refractivity contribution is 14.1. The molecule has 1 aromatic rings. The molecule has 1 aliphatic rings. The molecular formula is C16H23IN2O. The Hall–Kier alpha value is -0.460. The lowest BCUT2D eigenvalue weighted by molar-refractivity contribution is 0.0837. The number of nitrogens with zero attached hydrogens (tertiary/aromatic N) is 2. The first-order chi connectivity index (χ1) is 9.54. The summed E-state index contributed by atoms with van der Waals surface area (Å²) in [6, 6.07) is 7.85. The van der Waals surface area contributed by atoms with Crippen molar-refractivity contribution in [3.63, 3.8) is 0 Å². The summed E-state index contributed by atoms with van der Waals surface area (Å²) in [4.78, 5) is 17.0. The van der Waals surface area contributed by atoms with E-state index in [0.29, 0.717) is 6.54 Å². The molecule has 0 N–H and O–H groups in total. The van der Waals surface area contributed by atoms with Crippen molar-refractivity contribution in [1.82, 2.24) is 9.80 Å². The van der Waals surface area contributed by atoms with E-state index in [-0.39, 0.29) is 5.78 Å². The van der Waals surface area contributed by atoms with E-state index in [1.807, 2.05) is 24.3 Å². The number of rotatable bonds is 5. The fourth-order valence-electron chi connectivity index (χ4n) is 2.58. The van der Waals surface area contributed by atoms with Crippen LogP contribution in [0.5, 0.6) is 0 Å². The van der Waals surface area contributed by atoms with Gasteiger partial charge in [-0.05, 0) is 40.6 Å². The Labute approximate surface area is 135 Å². The summed E-state index contributed by atoms with van der Waals surface area (Å²) in [5.41, 5.74) is 0.829. The van der Waals surface area contributed by atoms with Crippen molar-refractivity contribution >= 4 is 28.4 Å². The second-order valence-corrected chi connectivity index (χ2v) is 7.15. The maximum absolute atomic E-state index is 12.2. The number of piperazine rings is 1. The maximum Gasteiger partial charge on any atom is 0.176 e. The first-order valence-electron chi connectivity index (χ1n) is 7.28. The van der Waals surface area contributed by atoms with Crippen molar-refractivity contribution in [3.8, 4) is 0 Å². The van der Waals surface area contributed by atoms with Gasteiger partial charge in [0, 0.05) is 41.9 Å². The van der Waals surface area contributed by atoms with Crippen LogP contribution in [-0.2, 0) is 0 Å². The maximum atomic E-state index is 12.2. The molecule has 0 spiro atoms. The number of hydrogen-bond acceptors (Lipinski definition) is 3. The Kier molecular flexibility index (Phi) is 5.99. The molecule has 1 saturated heterocycles. The zero-order chi connectivity index (χ0) is 14.5. The second-order valence-electron chi connectivity index (χ2n) is 5.90. The molecule has 1 aromatic carbocycles. The molecule has 0 saturated carbocycles. The monoisotopic (exact) mass is 386 g/mol. The Morgan fingerprint density at radius 3 is 2.20 bits per heavy atom. The van der Waals surface area contributed by atoms with Crippen molar-refractivity contribution in [2.75, 3.05) is 39.3 Å². The molecule has 4 heteroatoms. The van der Waals surface area contributed by atoms with Gasteiger partial charge in [0.05, 0.1) is 6.54 Å². The Morgan fingerprint density at radius 1 is 1.10 bits per heavy atom. The zero-order valence-corrected chi connectivity index (χ0v) is 14.5. The fraction of sp³-hybridized carbons (Fsp3) is 0.562. The molecule has 2 rings (SSSR count). The topological polar surface area (TPSA) is 23.6 Å². The lowest BCUT2D eigenvalue weighted by Gasteiger charge is -2.35. The van der Waals surface area contributed by atoms with Crippen molar-refractivity contribution in [3.05, 3.63) is 33.4 Å². The second kappa shape index (κ2) is 7.52. The van der Waals surface area contributed by atoms with Gasteiger partial charge in [-0.1, -0.05) is 26.0 Å². The highest BCUT2D eigenvalue weighted by atomic mass is 127. The minimum absolute atomic E-state index is 0.235. The van der Waals surface area contributed by atoms with Crippen LogP contribution < -0.4 is 0 Å². The third-order valence-electron chi connectivity index (χ3n) is 3.62. The van der Waals surface area contributed by atoms with Crippen LogP contribution in [0.3, 0.4) is 0 Å². The number of halogens is 1. The number of hydrogen-bond donors (Lipinski definition) is 0. The molecule has 0 radical (unpaired) electrons. The summed E-state index contributed by atoms with van der Waals surface area (Å²) < 4.78 is 1.17. The molecule has 1 heterocycles. The highest BCUT2D eigenvalue weighted by Crippen LogP contribution is 2.10. The van der Waals surface area contributed by atoms with Gasteiger partial charge in [-0.2, -0.15) is 0 Å². The predicted octanol–water partition coefficient (Wildman–Crippen LogP) is 2.75. The molecule has 20 heavy (non-hydrogen) atoms. The molecule has 0 bridgehead atoms. The number of Topliss-reactive ketones (excluding diaryl/α,β-unsaturated/α-hetero) is 1. The van der Waals surface area contributed by atoms with Crippen LogP contribution in [0.15, 0.2) is 24.3 Å². The van der Waals surface area contributed by atoms with Crippen LogP contribution in [0.2, 0.25) is 0 Å². The quantitative estimate of drug-likeness (QED) is 0.575. The third kappa shape index (κ3) is 4.82. The van der Waals surface area contributed by atoms with Gasteiger partial charge in [0.2, 0.25) is 0 Å². The largest absolute Gasteiger partial charge is 0.301 e. The van der Waals surface area contributed by atoms with Gasteiger partial charge in [-0.15, -0.1) is 0 Å². The van der Waals surface area contributed by atoms with E-state index in [9.17, 15) is 4.79 Å². The number of benzene rings is 1. The Balaban J connectivity index is 1.80. The molecule has 0 atom stereocenters. The van der Waals surface area contributed by atoms with E-state index in [2.05, 4.69) is 46.2 Å². The lowest BCUT2D eigenvalue weighted by Crippen LogP contribution is -2.48. The first-order valence-corrected chi connectivity index (χ1v) is 8.36. The molecule has 0 aromatic heterocycles. The standard InChI is InChI=1S/C16H23IN2O/c1-13(2)11-18-7-9-19(10-8-18)12-16(20)14-3-5-15(17)6-4-14/h3-6,13H,7-12H2,1-2H3. The van der Waals surface area contributed by atoms with Crippen molar-refractivity contribution in [1.29, 1.82) is 0 Å². The van der Waals surface area contributed by atoms with Crippen LogP contribution in [0.4, 0.5) is 0 Å². The van der Waals surface area contributed by atoms with Crippen LogP contribution in [0.25, 0.3) is 0 Å². The average Bonchev–Trinajstić information content (AvgIpc) is 2.41. The smallest absolute Gasteiger partial charge is 0.176 e. The number of ketones is 1. The van der Waals surface area contributed by atoms with Crippen LogP contribution in [-0.4, -0.2) is 54.9 Å². The van der Waals surface area contributed by atoms with Gasteiger partial charge in [-0.25, -0.2) is 0 Å². The van der Waals surface area contributed by atoms with E-state index in [4.69, 9.17) is 0 Å². The van der Waals surface area contributed by atoms with Gasteiger partial charge >= 0.3 is 0 Å². The van der Waals surface area contributed by atoms with Gasteiger partial charge < -0.3 is 4.90 Å². The summed E-state index contributed by atoms with van der Waals surface area (Å²) in [5.74, 6) is 0.952. The van der Waals surface area contributed by atoms with Crippen LogP contribution in [0, 0.1) is 9.49 Å². The van der Waals surface area contributed by atoms with Gasteiger partial charge in [-0.3, -0.25) is 9.69 Å². The molecule has 110 valence electrons. The summed E-state index contributed by atoms with van der Waals surface area (Å²) in [5, 5.41) is 0. The lowest BCUT2D eigenvalue weighted by atomic mass is 10.1. The van der Waals surface area contributed by atoms with Gasteiger partial charge in [0.1, 0.15) is 0 Å². The van der Waals surface area contributed by atoms with E-state index in [0.717, 1.165) is 37.7 Å². The Morgan fingerprint density at radius 2 is 1.65 bits per heavy atom. The summed E-state index contributed by atoms with van der Waals surface area (Å²) in [6.45, 7) is 10.4. The van der Waals surface area contributed by atoms with Gasteiger partial charge in [0.15, 0.2) is 5.78 Å². The van der Waals surface area contributed by atoms with Crippen molar-refractivity contribution < 1.29 is 4.79 Å². The van der Waals surface area contributed by atoms with E-state index in [1.165, 1.54) is 10.1 Å². The fourth-order valence-corrected chi connectivity index (χ4v) is 2.94. The Bertz CT molecular complexity index is 436. The third-order valence-corrected chi connectivity index (χ3v) is 4.34. The summed E-state index contributed by atoms with van der Waals surface area (Å²) >= 11 is 2.26. The van der Waals surface area contributed by atoms with Crippen molar-refractivity contribution in [2.45, 2.75) is 13.8 Å². The van der Waals surface area contributed by atoms with E-state index >= 15 is 0 Å². The highest BCUT2D eigenvalue weighted by Gasteiger charge is 2.19. The van der Waals surface area contributed by atoms with E-state index in [1.54, 1.807) is 0 Å². The average molecular weight is 386 g/mol. The molecule has 0 amide bonds. The molecule has 1 aliphatic heterocycles. The predicted molar refractivity (Wildman–Crippen MR) is 91.2 cm³/mol. The minimum Gasteiger partial charge on any atom is -0.301 e. The van der Waals surface area contributed by atoms with E-state index < -0.39 is 0 Å². The van der Waals surface area contributed by atoms with Crippen molar-refractivity contribution in [2.24, 2.45) is 5.92 Å². The molecule has 3 nitrogen and oxygen atoms in total. The van der Waals surface area contributed by atoms with Crippen LogP contribution >= 0.6 is 22.6 Å². The summed E-state index contributed by atoms with van der Waals surface area (Å²) in [7, 11) is 0. The summed E-state index contributed by atoms with van der Waals surface area (Å²) in [6.07, 6.45) is 0. The first kappa shape index (κ1) is 15.9. The van der Waals surface area contributed by atoms with Crippen LogP contribution in [0.1, 0.15) is 24.2 Å². The number of carbonyl (C=O) groups is 1. The minimum atomic E-state index is 0.235. The zero-order valence-electron chi connectivity index (χ0n) is 12.3. The number of carbonyl (C=O) groups excluding carboxylic acids is 1. The molecular weight excluding hydrogens is 363 g/mol. The SMILES string of the molecule is CC(C)CN1CCN(CC(=O)c2ccc(I)cc2)CC1. The molecule has 1 fully saturated rings. The molecule has 0 unspecified atom stereocenters. The van der Waals surface area contributed by atoms with Gasteiger partial charge in [0.25, 0.3) is 0 Å². The normalized spacial score (nSPS) is 17.6. The molecule has 0 aliphatic carbocycles.